The van der Waals surface area contributed by atoms with Crippen LogP contribution in [0, 0.1) is 0 Å². The predicted octanol–water partition coefficient (Wildman–Crippen LogP) is -2.51. The Morgan fingerprint density at radius 1 is 1.35 bits per heavy atom. The summed E-state index contributed by atoms with van der Waals surface area (Å²) in [5.41, 5.74) is 9.55. The van der Waals surface area contributed by atoms with E-state index in [2.05, 4.69) is 15.1 Å². The molecule has 0 aromatic heterocycles. The number of carbonyl (C=O) groups excluding carboxylic acids is 3. The van der Waals surface area contributed by atoms with E-state index in [1.807, 2.05) is 0 Å². The van der Waals surface area contributed by atoms with Crippen molar-refractivity contribution >= 4 is 28.2 Å². The summed E-state index contributed by atoms with van der Waals surface area (Å²) in [5.74, 6) is -1.09. The third-order valence-electron chi connectivity index (χ3n) is 3.50. The van der Waals surface area contributed by atoms with Crippen molar-refractivity contribution in [2.45, 2.75) is 31.3 Å². The number of hydrazine groups is 1. The molecular weight excluding hydrogens is 334 g/mol. The van der Waals surface area contributed by atoms with E-state index in [1.54, 1.807) is 0 Å². The van der Waals surface area contributed by atoms with Crippen molar-refractivity contribution in [2.75, 3.05) is 13.1 Å². The van der Waals surface area contributed by atoms with E-state index < -0.39 is 40.3 Å². The Kier molecular flexibility index (Phi) is 5.03. The van der Waals surface area contributed by atoms with Gasteiger partial charge in [-0.2, -0.15) is 13.5 Å². The van der Waals surface area contributed by atoms with Crippen molar-refractivity contribution in [1.29, 1.82) is 0 Å². The Hall–Kier alpha value is -1.96. The van der Waals surface area contributed by atoms with Gasteiger partial charge in [-0.05, 0) is 12.8 Å². The highest BCUT2D eigenvalue weighted by atomic mass is 32.3. The Labute approximate surface area is 131 Å². The first-order valence-corrected chi connectivity index (χ1v) is 8.15. The van der Waals surface area contributed by atoms with Crippen LogP contribution in [0.15, 0.2) is 0 Å². The molecule has 0 aromatic carbocycles. The van der Waals surface area contributed by atoms with Gasteiger partial charge in [0.05, 0.1) is 6.04 Å². The van der Waals surface area contributed by atoms with E-state index in [-0.39, 0.29) is 25.9 Å². The highest BCUT2D eigenvalue weighted by Gasteiger charge is 2.49. The van der Waals surface area contributed by atoms with Gasteiger partial charge in [0, 0.05) is 19.5 Å². The van der Waals surface area contributed by atoms with Crippen molar-refractivity contribution in [3.63, 3.8) is 0 Å². The van der Waals surface area contributed by atoms with Gasteiger partial charge < -0.3 is 10.6 Å². The molecule has 130 valence electrons. The molecule has 0 aliphatic carbocycles. The van der Waals surface area contributed by atoms with E-state index in [9.17, 15) is 22.8 Å². The summed E-state index contributed by atoms with van der Waals surface area (Å²) in [7, 11) is -4.84. The van der Waals surface area contributed by atoms with Gasteiger partial charge in [-0.3, -0.25) is 25.0 Å². The molecule has 2 aliphatic heterocycles. The molecule has 0 radical (unpaired) electrons. The molecule has 2 atom stereocenters. The number of piperidine rings is 1. The number of hydroxylamine groups is 2. The van der Waals surface area contributed by atoms with Gasteiger partial charge in [0.1, 0.15) is 6.04 Å². The van der Waals surface area contributed by atoms with Crippen molar-refractivity contribution < 1.29 is 31.6 Å². The number of amides is 4. The molecule has 0 saturated carbocycles. The third kappa shape index (κ3) is 4.07. The highest BCUT2D eigenvalue weighted by molar-refractivity contribution is 7.80. The molecule has 2 bridgehead atoms. The first-order chi connectivity index (χ1) is 10.7. The van der Waals surface area contributed by atoms with Crippen molar-refractivity contribution in [2.24, 2.45) is 5.73 Å². The molecule has 1 unspecified atom stereocenters. The number of carbonyl (C=O) groups is 3. The van der Waals surface area contributed by atoms with Crippen LogP contribution in [0.2, 0.25) is 0 Å². The van der Waals surface area contributed by atoms with Crippen LogP contribution in [-0.2, 0) is 24.3 Å². The van der Waals surface area contributed by atoms with Crippen LogP contribution >= 0.6 is 0 Å². The molecule has 12 nitrogen and oxygen atoms in total. The first-order valence-electron chi connectivity index (χ1n) is 6.78. The topological polar surface area (TPSA) is 171 Å². The van der Waals surface area contributed by atoms with E-state index in [0.29, 0.717) is 11.5 Å². The highest BCUT2D eigenvalue weighted by Crippen LogP contribution is 2.30. The molecule has 2 fully saturated rings. The zero-order valence-electron chi connectivity index (χ0n) is 12.0. The predicted molar refractivity (Wildman–Crippen MR) is 73.3 cm³/mol. The smallest absolute Gasteiger partial charge is 0.330 e. The molecule has 2 rings (SSSR count). The van der Waals surface area contributed by atoms with Crippen LogP contribution in [0.3, 0.4) is 0 Å². The minimum absolute atomic E-state index is 0.0334. The van der Waals surface area contributed by atoms with Gasteiger partial charge in [0.2, 0.25) is 5.91 Å². The average molecular weight is 351 g/mol. The minimum atomic E-state index is -4.84. The summed E-state index contributed by atoms with van der Waals surface area (Å²) in [6, 6.07) is -2.31. The largest absolute Gasteiger partial charge is 0.418 e. The van der Waals surface area contributed by atoms with E-state index in [4.69, 9.17) is 10.3 Å². The Balaban J connectivity index is 1.98. The number of rotatable bonds is 5. The number of hydrogen-bond acceptors (Lipinski definition) is 7. The summed E-state index contributed by atoms with van der Waals surface area (Å²) in [6.07, 6.45) is 0.582. The number of hydrogen-bond donors (Lipinski definition) is 4. The van der Waals surface area contributed by atoms with Gasteiger partial charge in [-0.1, -0.05) is 0 Å². The molecule has 5 N–H and O–H groups in total. The average Bonchev–Trinajstić information content (AvgIpc) is 2.69. The van der Waals surface area contributed by atoms with Crippen LogP contribution in [0.5, 0.6) is 0 Å². The van der Waals surface area contributed by atoms with Crippen molar-refractivity contribution in [1.82, 2.24) is 20.8 Å². The summed E-state index contributed by atoms with van der Waals surface area (Å²) < 4.78 is 34.4. The molecule has 13 heteroatoms. The summed E-state index contributed by atoms with van der Waals surface area (Å²) >= 11 is 0. The lowest BCUT2D eigenvalue weighted by Crippen LogP contribution is -2.54. The van der Waals surface area contributed by atoms with Gasteiger partial charge in [-0.15, -0.1) is 4.28 Å². The first kappa shape index (κ1) is 17.4. The Bertz CT molecular complexity index is 609. The molecule has 2 aliphatic rings. The standard InChI is InChI=1S/C10H17N5O7S/c11-4-3-8(16)12-13-9(17)7-2-1-6-5-14(7)10(18)15(6)22-23(19,20)21/h6-7H,1-5,11H2,(H,12,16)(H,13,17)(H,19,20,21)/t6-,7?/m1/s1. The van der Waals surface area contributed by atoms with Crippen LogP contribution in [0.25, 0.3) is 0 Å². The maximum absolute atomic E-state index is 12.1. The number of fused-ring (bicyclic) bond motifs is 2. The lowest BCUT2D eigenvalue weighted by Gasteiger charge is -2.29. The fourth-order valence-electron chi connectivity index (χ4n) is 2.51. The van der Waals surface area contributed by atoms with E-state index >= 15 is 0 Å². The van der Waals surface area contributed by atoms with Gasteiger partial charge in [0.15, 0.2) is 0 Å². The SMILES string of the molecule is NCCC(=O)NNC(=O)C1CC[C@@H]2CN1C(=O)N2OS(=O)(=O)O. The molecule has 2 saturated heterocycles. The van der Waals surface area contributed by atoms with Crippen LogP contribution < -0.4 is 16.6 Å². The maximum atomic E-state index is 12.1. The number of nitrogens with one attached hydrogen (secondary N) is 2. The van der Waals surface area contributed by atoms with Crippen molar-refractivity contribution in [3.8, 4) is 0 Å². The monoisotopic (exact) mass is 351 g/mol. The molecular formula is C10H17N5O7S. The zero-order valence-corrected chi connectivity index (χ0v) is 12.8. The fraction of sp³-hybridized carbons (Fsp3) is 0.700. The van der Waals surface area contributed by atoms with Crippen LogP contribution in [-0.4, -0.2) is 66.0 Å². The second kappa shape index (κ2) is 6.66. The second-order valence-corrected chi connectivity index (χ2v) is 6.09. The normalized spacial score (nSPS) is 23.8. The van der Waals surface area contributed by atoms with Gasteiger partial charge in [0.25, 0.3) is 5.91 Å². The number of nitrogens with zero attached hydrogens (tertiary/aromatic N) is 2. The van der Waals surface area contributed by atoms with Gasteiger partial charge in [-0.25, -0.2) is 4.79 Å². The third-order valence-corrected chi connectivity index (χ3v) is 3.85. The summed E-state index contributed by atoms with van der Waals surface area (Å²) in [6.45, 7) is 0.197. The molecule has 0 aromatic rings. The minimum Gasteiger partial charge on any atom is -0.330 e. The summed E-state index contributed by atoms with van der Waals surface area (Å²) in [5, 5.41) is 0.537. The van der Waals surface area contributed by atoms with Crippen LogP contribution in [0.1, 0.15) is 19.3 Å². The maximum Gasteiger partial charge on any atom is 0.418 e. The van der Waals surface area contributed by atoms with Crippen molar-refractivity contribution in [3.05, 3.63) is 0 Å². The number of urea groups is 1. The molecule has 23 heavy (non-hydrogen) atoms. The Morgan fingerprint density at radius 3 is 2.65 bits per heavy atom. The second-order valence-electron chi connectivity index (χ2n) is 5.09. The van der Waals surface area contributed by atoms with E-state index in [0.717, 1.165) is 4.90 Å². The molecule has 2 heterocycles. The van der Waals surface area contributed by atoms with Gasteiger partial charge >= 0.3 is 16.4 Å². The zero-order chi connectivity index (χ0) is 17.2. The van der Waals surface area contributed by atoms with Crippen LogP contribution in [0.4, 0.5) is 4.79 Å². The summed E-state index contributed by atoms with van der Waals surface area (Å²) in [4.78, 5) is 36.5. The van der Waals surface area contributed by atoms with E-state index in [1.165, 1.54) is 0 Å². The number of nitrogens with two attached hydrogens (primary N) is 1. The lowest BCUT2D eigenvalue weighted by molar-refractivity contribution is -0.131. The lowest BCUT2D eigenvalue weighted by atomic mass is 10.0. The molecule has 4 amide bonds. The Morgan fingerprint density at radius 2 is 2.04 bits per heavy atom. The fourth-order valence-corrected chi connectivity index (χ4v) is 2.90. The molecule has 0 spiro atoms. The quantitative estimate of drug-likeness (QED) is 0.310.